The number of aromatic nitrogens is 2. The van der Waals surface area contributed by atoms with Crippen molar-refractivity contribution in [1.29, 1.82) is 0 Å². The van der Waals surface area contributed by atoms with Gasteiger partial charge < -0.3 is 4.74 Å². The van der Waals surface area contributed by atoms with E-state index in [1.54, 1.807) is 6.20 Å². The fraction of sp³-hybridized carbons (Fsp3) is 0.545. The highest BCUT2D eigenvalue weighted by atomic mass is 16.5. The third-order valence-corrected chi connectivity index (χ3v) is 3.45. The van der Waals surface area contributed by atoms with Crippen molar-refractivity contribution in [2.75, 3.05) is 13.7 Å². The minimum absolute atomic E-state index is 0.0580. The lowest BCUT2D eigenvalue weighted by atomic mass is 10.2. The van der Waals surface area contributed by atoms with Crippen molar-refractivity contribution >= 4 is 12.1 Å². The molecule has 0 saturated carbocycles. The van der Waals surface area contributed by atoms with Gasteiger partial charge in [0, 0.05) is 25.2 Å². The molecular formula is C11H16N3O3+. The van der Waals surface area contributed by atoms with Crippen molar-refractivity contribution in [3.05, 3.63) is 18.7 Å². The fourth-order valence-electron chi connectivity index (χ4n) is 2.45. The zero-order chi connectivity index (χ0) is 12.5. The smallest absolute Gasteiger partial charge is 0.423 e. The summed E-state index contributed by atoms with van der Waals surface area (Å²) in [5.74, 6) is 0. The highest BCUT2D eigenvalue weighted by Gasteiger charge is 2.54. The van der Waals surface area contributed by atoms with Crippen LogP contribution in [0.25, 0.3) is 0 Å². The molecule has 0 bridgehead atoms. The summed E-state index contributed by atoms with van der Waals surface area (Å²) in [6.07, 6.45) is 5.68. The van der Waals surface area contributed by atoms with E-state index >= 15 is 0 Å². The Morgan fingerprint density at radius 3 is 2.76 bits per heavy atom. The van der Waals surface area contributed by atoms with Gasteiger partial charge in [0.05, 0.1) is 13.7 Å². The first kappa shape index (κ1) is 11.8. The summed E-state index contributed by atoms with van der Waals surface area (Å²) in [7, 11) is 1.31. The number of amides is 2. The first-order valence-corrected chi connectivity index (χ1v) is 5.62. The van der Waals surface area contributed by atoms with E-state index in [1.807, 2.05) is 6.92 Å². The van der Waals surface area contributed by atoms with Crippen molar-refractivity contribution in [2.45, 2.75) is 25.8 Å². The molecule has 17 heavy (non-hydrogen) atoms. The number of hydrogen-bond acceptors (Lipinski definition) is 4. The molecule has 2 atom stereocenters. The van der Waals surface area contributed by atoms with Crippen LogP contribution in [0.15, 0.2) is 18.7 Å². The van der Waals surface area contributed by atoms with Gasteiger partial charge in [0.2, 0.25) is 0 Å². The first-order chi connectivity index (χ1) is 8.13. The molecule has 2 amide bonds. The van der Waals surface area contributed by atoms with Crippen LogP contribution in [0, 0.1) is 0 Å². The Morgan fingerprint density at radius 1 is 1.53 bits per heavy atom. The van der Waals surface area contributed by atoms with E-state index in [9.17, 15) is 9.59 Å². The third-order valence-electron chi connectivity index (χ3n) is 3.45. The Morgan fingerprint density at radius 2 is 2.29 bits per heavy atom. The van der Waals surface area contributed by atoms with Crippen molar-refractivity contribution < 1.29 is 18.8 Å². The number of imidazole rings is 1. The second-order valence-electron chi connectivity index (χ2n) is 4.31. The van der Waals surface area contributed by atoms with Crippen LogP contribution in [0.1, 0.15) is 19.8 Å². The van der Waals surface area contributed by atoms with E-state index in [2.05, 4.69) is 4.98 Å². The van der Waals surface area contributed by atoms with Gasteiger partial charge in [-0.15, -0.1) is 4.48 Å². The molecule has 1 fully saturated rings. The van der Waals surface area contributed by atoms with Gasteiger partial charge in [-0.3, -0.25) is 0 Å². The van der Waals surface area contributed by atoms with Gasteiger partial charge in [0.1, 0.15) is 12.4 Å². The van der Waals surface area contributed by atoms with Crippen LogP contribution in [0.2, 0.25) is 0 Å². The number of ether oxygens (including phenoxy) is 1. The van der Waals surface area contributed by atoms with Crippen LogP contribution < -0.4 is 0 Å². The van der Waals surface area contributed by atoms with Crippen LogP contribution in [-0.4, -0.2) is 45.9 Å². The molecule has 92 valence electrons. The summed E-state index contributed by atoms with van der Waals surface area (Å²) in [4.78, 5) is 28.2. The Balaban J connectivity index is 2.41. The Bertz CT molecular complexity index is 429. The predicted octanol–water partition coefficient (Wildman–Crippen LogP) is 1.62. The predicted molar refractivity (Wildman–Crippen MR) is 59.2 cm³/mol. The summed E-state index contributed by atoms with van der Waals surface area (Å²) >= 11 is 0. The van der Waals surface area contributed by atoms with Crippen LogP contribution in [0.3, 0.4) is 0 Å². The van der Waals surface area contributed by atoms with Gasteiger partial charge >= 0.3 is 12.1 Å². The number of likely N-dealkylation sites (tertiary alicyclic amines) is 1. The average Bonchev–Trinajstić information content (AvgIpc) is 2.96. The number of carbonyl (C=O) groups excluding carboxylic acids is 2. The number of hydrogen-bond donors (Lipinski definition) is 0. The quantitative estimate of drug-likeness (QED) is 0.644. The zero-order valence-corrected chi connectivity index (χ0v) is 10.00. The number of carbonyl (C=O) groups is 2. The minimum atomic E-state index is -0.492. The maximum Gasteiger partial charge on any atom is 0.525 e. The molecule has 1 saturated heterocycles. The molecule has 0 aliphatic carbocycles. The number of methoxy groups -OCH3 is 1. The molecule has 6 heteroatoms. The second-order valence-corrected chi connectivity index (χ2v) is 4.31. The number of imide groups is 1. The van der Waals surface area contributed by atoms with Crippen LogP contribution in [0.4, 0.5) is 9.59 Å². The fourth-order valence-corrected chi connectivity index (χ4v) is 2.45. The zero-order valence-electron chi connectivity index (χ0n) is 10.00. The second kappa shape index (κ2) is 4.29. The molecule has 2 heterocycles. The monoisotopic (exact) mass is 238 g/mol. The lowest BCUT2D eigenvalue weighted by Gasteiger charge is -2.30. The summed E-state index contributed by atoms with van der Waals surface area (Å²) < 4.78 is 5.88. The summed E-state index contributed by atoms with van der Waals surface area (Å²) in [5.41, 5.74) is 0. The normalized spacial score (nSPS) is 28.0. The van der Waals surface area contributed by atoms with Gasteiger partial charge in [-0.1, -0.05) is 0 Å². The molecule has 6 nitrogen and oxygen atoms in total. The number of rotatable bonds is 0. The molecule has 1 unspecified atom stereocenters. The highest BCUT2D eigenvalue weighted by Crippen LogP contribution is 2.29. The molecule has 0 N–H and O–H groups in total. The van der Waals surface area contributed by atoms with E-state index in [-0.39, 0.29) is 16.6 Å². The average molecular weight is 238 g/mol. The van der Waals surface area contributed by atoms with E-state index < -0.39 is 6.09 Å². The van der Waals surface area contributed by atoms with Gasteiger partial charge in [0.15, 0.2) is 0 Å². The van der Waals surface area contributed by atoms with Crippen LogP contribution >= 0.6 is 0 Å². The largest absolute Gasteiger partial charge is 0.525 e. The maximum absolute atomic E-state index is 12.4. The first-order valence-electron chi connectivity index (χ1n) is 5.62. The van der Waals surface area contributed by atoms with Crippen LogP contribution in [-0.2, 0) is 4.74 Å². The summed E-state index contributed by atoms with van der Waals surface area (Å²) in [6, 6.07) is -0.350. The van der Waals surface area contributed by atoms with Gasteiger partial charge in [-0.05, 0) is 6.92 Å². The molecule has 1 aromatic rings. The molecule has 0 spiro atoms. The number of nitrogens with zero attached hydrogens (tertiary/aromatic N) is 3. The molecular weight excluding hydrogens is 222 g/mol. The lowest BCUT2D eigenvalue weighted by Crippen LogP contribution is -2.60. The van der Waals surface area contributed by atoms with Crippen molar-refractivity contribution in [1.82, 2.24) is 9.55 Å². The van der Waals surface area contributed by atoms with E-state index in [0.29, 0.717) is 6.54 Å². The number of quaternary nitrogens is 1. The molecule has 2 rings (SSSR count). The topological polar surface area (TPSA) is 61.2 Å². The SMILES string of the molecule is COC(=O)[N+]1(C(=O)n2ccnc2)CCC[C@H]1C. The van der Waals surface area contributed by atoms with Crippen molar-refractivity contribution in [3.63, 3.8) is 0 Å². The lowest BCUT2D eigenvalue weighted by molar-refractivity contribution is -0.787. The molecule has 1 aromatic heterocycles. The molecule has 0 radical (unpaired) electrons. The van der Waals surface area contributed by atoms with E-state index in [0.717, 1.165) is 12.8 Å². The third kappa shape index (κ3) is 1.64. The minimum Gasteiger partial charge on any atom is -0.423 e. The van der Waals surface area contributed by atoms with Gasteiger partial charge in [0.25, 0.3) is 0 Å². The summed E-state index contributed by atoms with van der Waals surface area (Å²) in [6.45, 7) is 2.39. The van der Waals surface area contributed by atoms with E-state index in [4.69, 9.17) is 4.74 Å². The Hall–Kier alpha value is -1.69. The summed E-state index contributed by atoms with van der Waals surface area (Å²) in [5, 5.41) is 0. The van der Waals surface area contributed by atoms with Gasteiger partial charge in [-0.25, -0.2) is 14.3 Å². The molecule has 1 aliphatic heterocycles. The standard InChI is InChI=1S/C11H16N3O3/c1-9-4-3-7-14(9,11(16)17-2)10(15)13-6-5-12-8-13/h5-6,8-9H,3-4,7H2,1-2H3/q+1/t9-,14?/m1/s1. The molecule has 1 aliphatic rings. The van der Waals surface area contributed by atoms with Crippen LogP contribution in [0.5, 0.6) is 0 Å². The van der Waals surface area contributed by atoms with Crippen molar-refractivity contribution in [3.8, 4) is 0 Å². The maximum atomic E-state index is 12.4. The van der Waals surface area contributed by atoms with Crippen molar-refractivity contribution in [2.24, 2.45) is 0 Å². The molecule has 0 aromatic carbocycles. The van der Waals surface area contributed by atoms with Gasteiger partial charge in [-0.2, -0.15) is 4.79 Å². The Kier molecular flexibility index (Phi) is 2.97. The Labute approximate surface area is 99.4 Å². The highest BCUT2D eigenvalue weighted by molar-refractivity contribution is 5.81. The van der Waals surface area contributed by atoms with E-state index in [1.165, 1.54) is 24.2 Å².